The Balaban J connectivity index is 3.26. The number of hydrogen-bond acceptors (Lipinski definition) is 4. The van der Waals surface area contributed by atoms with Gasteiger partial charge in [0.15, 0.2) is 5.75 Å². The van der Waals surface area contributed by atoms with Gasteiger partial charge in [0.1, 0.15) is 10.0 Å². The summed E-state index contributed by atoms with van der Waals surface area (Å²) in [4.78, 5) is 21.1. The summed E-state index contributed by atoms with van der Waals surface area (Å²) < 4.78 is 88.6. The standard InChI is InChI=1S/C13H8Cl4F6N2O4/c14-4-3(5(15)7(17)8(6(4)16)28-9(24)26)1-2-11(18,19)12(20,21)13(22,23)29-10(25)27/h1-2H2,(H2,24,26)(H2,25,27). The van der Waals surface area contributed by atoms with E-state index in [1.54, 1.807) is 0 Å². The summed E-state index contributed by atoms with van der Waals surface area (Å²) in [5, 5.41) is -2.55. The lowest BCUT2D eigenvalue weighted by Crippen LogP contribution is -2.56. The number of amides is 2. The maximum atomic E-state index is 13.8. The molecule has 0 aromatic heterocycles. The fourth-order valence-corrected chi connectivity index (χ4v) is 3.05. The first kappa shape index (κ1) is 25.5. The molecule has 0 aliphatic heterocycles. The van der Waals surface area contributed by atoms with Gasteiger partial charge >= 0.3 is 30.1 Å². The first-order valence-corrected chi connectivity index (χ1v) is 8.41. The SMILES string of the molecule is NC(=O)Oc1c(Cl)c(Cl)c(CCC(F)(F)C(F)(F)C(F)(F)OC(N)=O)c(Cl)c1Cl. The number of primary amides is 2. The van der Waals surface area contributed by atoms with Gasteiger partial charge in [-0.15, -0.1) is 0 Å². The van der Waals surface area contributed by atoms with E-state index in [1.165, 1.54) is 0 Å². The number of hydrogen-bond donors (Lipinski definition) is 2. The van der Waals surface area contributed by atoms with Crippen LogP contribution in [0, 0.1) is 0 Å². The number of carbonyl (C=O) groups is 2. The van der Waals surface area contributed by atoms with Crippen molar-refractivity contribution in [3.8, 4) is 5.75 Å². The first-order chi connectivity index (χ1) is 13.0. The van der Waals surface area contributed by atoms with Gasteiger partial charge in [-0.3, -0.25) is 0 Å². The van der Waals surface area contributed by atoms with Crippen LogP contribution in [0.15, 0.2) is 0 Å². The third kappa shape index (κ3) is 5.16. The van der Waals surface area contributed by atoms with Crippen molar-refractivity contribution >= 4 is 58.6 Å². The molecule has 0 heterocycles. The van der Waals surface area contributed by atoms with Crippen molar-refractivity contribution in [2.24, 2.45) is 11.5 Å². The number of alkyl halides is 6. The molecule has 0 saturated heterocycles. The van der Waals surface area contributed by atoms with E-state index in [2.05, 4.69) is 15.2 Å². The first-order valence-electron chi connectivity index (χ1n) is 6.90. The number of rotatable bonds is 7. The minimum Gasteiger partial charge on any atom is -0.407 e. The molecule has 0 aliphatic rings. The van der Waals surface area contributed by atoms with Gasteiger partial charge in [-0.1, -0.05) is 46.4 Å². The van der Waals surface area contributed by atoms with E-state index >= 15 is 0 Å². The van der Waals surface area contributed by atoms with Gasteiger partial charge in [0.2, 0.25) is 0 Å². The molecule has 0 bridgehead atoms. The van der Waals surface area contributed by atoms with E-state index in [0.717, 1.165) is 0 Å². The fraction of sp³-hybridized carbons (Fsp3) is 0.385. The highest BCUT2D eigenvalue weighted by atomic mass is 35.5. The van der Waals surface area contributed by atoms with E-state index in [4.69, 9.17) is 52.1 Å². The van der Waals surface area contributed by atoms with Gasteiger partial charge in [-0.05, 0) is 12.0 Å². The molecule has 0 spiro atoms. The van der Waals surface area contributed by atoms with Gasteiger partial charge in [-0.25, -0.2) is 9.59 Å². The van der Waals surface area contributed by atoms with Crippen LogP contribution in [0.4, 0.5) is 35.9 Å². The third-order valence-electron chi connectivity index (χ3n) is 3.26. The zero-order valence-corrected chi connectivity index (χ0v) is 16.5. The smallest absolute Gasteiger partial charge is 0.407 e. The third-order valence-corrected chi connectivity index (χ3v) is 5.01. The summed E-state index contributed by atoms with van der Waals surface area (Å²) in [6.07, 6.45) is -12.8. The molecule has 29 heavy (non-hydrogen) atoms. The van der Waals surface area contributed by atoms with Crippen molar-refractivity contribution in [2.45, 2.75) is 30.8 Å². The van der Waals surface area contributed by atoms with Crippen molar-refractivity contribution in [1.82, 2.24) is 0 Å². The molecule has 1 aromatic carbocycles. The van der Waals surface area contributed by atoms with Crippen molar-refractivity contribution < 1.29 is 45.4 Å². The predicted molar refractivity (Wildman–Crippen MR) is 90.5 cm³/mol. The number of ether oxygens (including phenoxy) is 2. The second-order valence-electron chi connectivity index (χ2n) is 5.20. The second-order valence-corrected chi connectivity index (χ2v) is 6.71. The summed E-state index contributed by atoms with van der Waals surface area (Å²) in [6.45, 7) is 0. The molecule has 164 valence electrons. The zero-order chi connectivity index (χ0) is 22.9. The molecule has 0 unspecified atom stereocenters. The van der Waals surface area contributed by atoms with Gasteiger partial charge in [-0.2, -0.15) is 26.3 Å². The van der Waals surface area contributed by atoms with Crippen molar-refractivity contribution in [3.63, 3.8) is 0 Å². The molecule has 0 radical (unpaired) electrons. The van der Waals surface area contributed by atoms with Gasteiger partial charge in [0.25, 0.3) is 0 Å². The quantitative estimate of drug-likeness (QED) is 0.364. The van der Waals surface area contributed by atoms with Crippen LogP contribution < -0.4 is 16.2 Å². The van der Waals surface area contributed by atoms with E-state index in [0.29, 0.717) is 0 Å². The van der Waals surface area contributed by atoms with E-state index in [1.807, 2.05) is 0 Å². The van der Waals surface area contributed by atoms with Crippen LogP contribution in [0.3, 0.4) is 0 Å². The number of benzene rings is 1. The van der Waals surface area contributed by atoms with Gasteiger partial charge in [0, 0.05) is 6.42 Å². The van der Waals surface area contributed by atoms with Gasteiger partial charge < -0.3 is 20.9 Å². The lowest BCUT2D eigenvalue weighted by Gasteiger charge is -2.31. The van der Waals surface area contributed by atoms with Crippen LogP contribution in [0.2, 0.25) is 20.1 Å². The average Bonchev–Trinajstić information content (AvgIpc) is 2.55. The highest BCUT2D eigenvalue weighted by molar-refractivity contribution is 6.49. The Kier molecular flexibility index (Phi) is 7.66. The largest absolute Gasteiger partial charge is 0.474 e. The summed E-state index contributed by atoms with van der Waals surface area (Å²) in [6, 6.07) is 0. The van der Waals surface area contributed by atoms with Crippen molar-refractivity contribution in [1.29, 1.82) is 0 Å². The molecule has 6 nitrogen and oxygen atoms in total. The molecule has 1 rings (SSSR count). The minimum atomic E-state index is -6.16. The Hall–Kier alpha value is -1.50. The Bertz CT molecular complexity index is 811. The molecular formula is C13H8Cl4F6N2O4. The monoisotopic (exact) mass is 510 g/mol. The lowest BCUT2D eigenvalue weighted by molar-refractivity contribution is -0.380. The van der Waals surface area contributed by atoms with Crippen LogP contribution >= 0.6 is 46.4 Å². The lowest BCUT2D eigenvalue weighted by atomic mass is 10.0. The molecule has 1 aromatic rings. The van der Waals surface area contributed by atoms with Crippen LogP contribution in [-0.4, -0.2) is 30.1 Å². The number of carbonyl (C=O) groups excluding carboxylic acids is 2. The normalized spacial score (nSPS) is 12.6. The molecule has 16 heteroatoms. The zero-order valence-electron chi connectivity index (χ0n) is 13.5. The van der Waals surface area contributed by atoms with E-state index in [9.17, 15) is 35.9 Å². The van der Waals surface area contributed by atoms with E-state index in [-0.39, 0.29) is 0 Å². The topological polar surface area (TPSA) is 105 Å². The summed E-state index contributed by atoms with van der Waals surface area (Å²) in [5.41, 5.74) is 8.41. The molecule has 2 amide bonds. The Morgan fingerprint density at radius 3 is 1.66 bits per heavy atom. The van der Waals surface area contributed by atoms with Crippen LogP contribution in [-0.2, 0) is 11.2 Å². The summed E-state index contributed by atoms with van der Waals surface area (Å²) >= 11 is 23.1. The average molecular weight is 512 g/mol. The number of halogens is 10. The highest BCUT2D eigenvalue weighted by Gasteiger charge is 2.74. The Morgan fingerprint density at radius 1 is 0.828 bits per heavy atom. The molecule has 0 aliphatic carbocycles. The Morgan fingerprint density at radius 2 is 1.28 bits per heavy atom. The maximum Gasteiger partial charge on any atom is 0.474 e. The molecular weight excluding hydrogens is 504 g/mol. The second kappa shape index (κ2) is 8.70. The van der Waals surface area contributed by atoms with Crippen molar-refractivity contribution in [2.75, 3.05) is 0 Å². The molecule has 0 atom stereocenters. The summed E-state index contributed by atoms with van der Waals surface area (Å²) in [5.74, 6) is -12.2. The molecule has 0 saturated carbocycles. The van der Waals surface area contributed by atoms with Gasteiger partial charge in [0.05, 0.1) is 10.0 Å². The number of nitrogens with two attached hydrogens (primary N) is 2. The van der Waals surface area contributed by atoms with Crippen molar-refractivity contribution in [3.05, 3.63) is 25.7 Å². The minimum absolute atomic E-state index is 0.547. The molecule has 4 N–H and O–H groups in total. The fourth-order valence-electron chi connectivity index (χ4n) is 1.91. The van der Waals surface area contributed by atoms with E-state index < -0.39 is 74.4 Å². The predicted octanol–water partition coefficient (Wildman–Crippen LogP) is 5.65. The van der Waals surface area contributed by atoms with Crippen LogP contribution in [0.1, 0.15) is 12.0 Å². The summed E-state index contributed by atoms with van der Waals surface area (Å²) in [7, 11) is 0. The maximum absolute atomic E-state index is 13.8. The Labute approximate surface area is 177 Å². The highest BCUT2D eigenvalue weighted by Crippen LogP contribution is 2.50. The molecule has 0 fully saturated rings. The van der Waals surface area contributed by atoms with Crippen LogP contribution in [0.25, 0.3) is 0 Å². The van der Waals surface area contributed by atoms with Crippen LogP contribution in [0.5, 0.6) is 5.75 Å².